The van der Waals surface area contributed by atoms with Gasteiger partial charge in [0.2, 0.25) is 0 Å². The third-order valence-electron chi connectivity index (χ3n) is 2.31. The van der Waals surface area contributed by atoms with Crippen molar-refractivity contribution in [3.63, 3.8) is 0 Å². The van der Waals surface area contributed by atoms with Crippen LogP contribution in [0.3, 0.4) is 0 Å². The molecule has 4 nitrogen and oxygen atoms in total. The predicted molar refractivity (Wildman–Crippen MR) is 60.5 cm³/mol. The molecule has 1 heterocycles. The second-order valence-corrected chi connectivity index (χ2v) is 4.62. The van der Waals surface area contributed by atoms with Crippen molar-refractivity contribution in [1.82, 2.24) is 9.80 Å². The standard InChI is InChI=1S/C11H24N2O2/c1-10(2)14-8-12-5-6-13(7-12)9-15-11(3)4/h10-11H,5-9H2,1-4H3. The van der Waals surface area contributed by atoms with Crippen LogP contribution < -0.4 is 0 Å². The van der Waals surface area contributed by atoms with Crippen LogP contribution >= 0.6 is 0 Å². The molecule has 4 heteroatoms. The fourth-order valence-corrected chi connectivity index (χ4v) is 1.43. The SMILES string of the molecule is CC(C)OCN1CCN(COC(C)C)C1. The lowest BCUT2D eigenvalue weighted by molar-refractivity contribution is -0.0275. The van der Waals surface area contributed by atoms with E-state index in [1.54, 1.807) is 0 Å². The molecular formula is C11H24N2O2. The molecule has 0 aliphatic carbocycles. The molecule has 0 bridgehead atoms. The van der Waals surface area contributed by atoms with E-state index in [4.69, 9.17) is 9.47 Å². The zero-order chi connectivity index (χ0) is 11.3. The number of nitrogens with zero attached hydrogens (tertiary/aromatic N) is 2. The van der Waals surface area contributed by atoms with E-state index in [9.17, 15) is 0 Å². The molecule has 0 amide bonds. The van der Waals surface area contributed by atoms with E-state index in [-0.39, 0.29) is 0 Å². The average molecular weight is 216 g/mol. The molecule has 1 saturated heterocycles. The highest BCUT2D eigenvalue weighted by Crippen LogP contribution is 2.06. The molecule has 0 aromatic carbocycles. The van der Waals surface area contributed by atoms with Gasteiger partial charge in [-0.1, -0.05) is 0 Å². The van der Waals surface area contributed by atoms with Crippen LogP contribution in [0.15, 0.2) is 0 Å². The van der Waals surface area contributed by atoms with Gasteiger partial charge in [-0.25, -0.2) is 0 Å². The number of hydrogen-bond donors (Lipinski definition) is 0. The molecule has 0 aromatic rings. The Morgan fingerprint density at radius 3 is 1.60 bits per heavy atom. The van der Waals surface area contributed by atoms with Gasteiger partial charge in [0.25, 0.3) is 0 Å². The first-order valence-corrected chi connectivity index (χ1v) is 5.76. The molecule has 1 fully saturated rings. The Hall–Kier alpha value is -0.160. The van der Waals surface area contributed by atoms with Gasteiger partial charge in [-0.2, -0.15) is 0 Å². The van der Waals surface area contributed by atoms with Gasteiger partial charge in [-0.15, -0.1) is 0 Å². The Morgan fingerprint density at radius 1 is 0.867 bits per heavy atom. The summed E-state index contributed by atoms with van der Waals surface area (Å²) >= 11 is 0. The lowest BCUT2D eigenvalue weighted by Gasteiger charge is -2.20. The van der Waals surface area contributed by atoms with E-state index in [1.165, 1.54) is 0 Å². The summed E-state index contributed by atoms with van der Waals surface area (Å²) in [5.41, 5.74) is 0. The highest BCUT2D eigenvalue weighted by Gasteiger charge is 2.19. The van der Waals surface area contributed by atoms with Crippen molar-refractivity contribution in [2.45, 2.75) is 39.9 Å². The van der Waals surface area contributed by atoms with E-state index >= 15 is 0 Å². The predicted octanol–water partition coefficient (Wildman–Crippen LogP) is 1.33. The Bertz CT molecular complexity index is 156. The van der Waals surface area contributed by atoms with Gasteiger partial charge in [0.1, 0.15) is 13.5 Å². The van der Waals surface area contributed by atoms with Crippen molar-refractivity contribution in [1.29, 1.82) is 0 Å². The van der Waals surface area contributed by atoms with Crippen molar-refractivity contribution >= 4 is 0 Å². The maximum Gasteiger partial charge on any atom is 0.100 e. The van der Waals surface area contributed by atoms with Crippen LogP contribution in [-0.4, -0.2) is 55.2 Å². The van der Waals surface area contributed by atoms with Crippen molar-refractivity contribution < 1.29 is 9.47 Å². The number of rotatable bonds is 6. The fraction of sp³-hybridized carbons (Fsp3) is 1.00. The molecular weight excluding hydrogens is 192 g/mol. The van der Waals surface area contributed by atoms with Crippen LogP contribution in [0.5, 0.6) is 0 Å². The van der Waals surface area contributed by atoms with Crippen LogP contribution in [0.1, 0.15) is 27.7 Å². The molecule has 0 radical (unpaired) electrons. The molecule has 15 heavy (non-hydrogen) atoms. The summed E-state index contributed by atoms with van der Waals surface area (Å²) in [6.45, 7) is 12.8. The zero-order valence-electron chi connectivity index (χ0n) is 10.4. The molecule has 1 aliphatic heterocycles. The van der Waals surface area contributed by atoms with Gasteiger partial charge in [-0.05, 0) is 27.7 Å². The van der Waals surface area contributed by atoms with Gasteiger partial charge < -0.3 is 9.47 Å². The number of hydrogen-bond acceptors (Lipinski definition) is 4. The minimum Gasteiger partial charge on any atom is -0.363 e. The summed E-state index contributed by atoms with van der Waals surface area (Å²) in [5, 5.41) is 0. The summed E-state index contributed by atoms with van der Waals surface area (Å²) in [6, 6.07) is 0. The van der Waals surface area contributed by atoms with Gasteiger partial charge >= 0.3 is 0 Å². The molecule has 0 saturated carbocycles. The minimum absolute atomic E-state index is 0.311. The Kier molecular flexibility index (Phi) is 5.53. The van der Waals surface area contributed by atoms with Crippen molar-refractivity contribution in [2.75, 3.05) is 33.2 Å². The smallest absolute Gasteiger partial charge is 0.100 e. The minimum atomic E-state index is 0.311. The fourth-order valence-electron chi connectivity index (χ4n) is 1.43. The Balaban J connectivity index is 2.10. The van der Waals surface area contributed by atoms with Gasteiger partial charge in [0, 0.05) is 13.1 Å². The first kappa shape index (κ1) is 12.9. The van der Waals surface area contributed by atoms with Crippen LogP contribution in [0.25, 0.3) is 0 Å². The van der Waals surface area contributed by atoms with Crippen LogP contribution in [-0.2, 0) is 9.47 Å². The van der Waals surface area contributed by atoms with Crippen molar-refractivity contribution in [2.24, 2.45) is 0 Å². The molecule has 0 spiro atoms. The Labute approximate surface area is 93.1 Å². The summed E-state index contributed by atoms with van der Waals surface area (Å²) in [4.78, 5) is 4.59. The topological polar surface area (TPSA) is 24.9 Å². The van der Waals surface area contributed by atoms with Crippen LogP contribution in [0, 0.1) is 0 Å². The lowest BCUT2D eigenvalue weighted by Crippen LogP contribution is -2.30. The monoisotopic (exact) mass is 216 g/mol. The third kappa shape index (κ3) is 5.47. The average Bonchev–Trinajstić information content (AvgIpc) is 2.59. The van der Waals surface area contributed by atoms with Crippen molar-refractivity contribution in [3.8, 4) is 0 Å². The summed E-state index contributed by atoms with van der Waals surface area (Å²) < 4.78 is 11.1. The lowest BCUT2D eigenvalue weighted by atomic mass is 10.5. The summed E-state index contributed by atoms with van der Waals surface area (Å²) in [5.74, 6) is 0. The van der Waals surface area contributed by atoms with Crippen LogP contribution in [0.2, 0.25) is 0 Å². The first-order chi connectivity index (χ1) is 7.08. The quantitative estimate of drug-likeness (QED) is 0.668. The first-order valence-electron chi connectivity index (χ1n) is 5.76. The maximum absolute atomic E-state index is 5.56. The van der Waals surface area contributed by atoms with E-state index in [0.717, 1.165) is 33.2 Å². The molecule has 90 valence electrons. The molecule has 1 aliphatic rings. The second-order valence-electron chi connectivity index (χ2n) is 4.62. The normalized spacial score (nSPS) is 19.6. The number of ether oxygens (including phenoxy) is 2. The highest BCUT2D eigenvalue weighted by molar-refractivity contribution is 4.66. The molecule has 1 rings (SSSR count). The molecule has 0 N–H and O–H groups in total. The van der Waals surface area contributed by atoms with E-state index in [2.05, 4.69) is 37.5 Å². The maximum atomic E-state index is 5.56. The molecule has 0 aromatic heterocycles. The van der Waals surface area contributed by atoms with Gasteiger partial charge in [0.15, 0.2) is 0 Å². The van der Waals surface area contributed by atoms with Crippen molar-refractivity contribution in [3.05, 3.63) is 0 Å². The summed E-state index contributed by atoms with van der Waals surface area (Å²) in [7, 11) is 0. The summed E-state index contributed by atoms with van der Waals surface area (Å²) in [6.07, 6.45) is 0.622. The molecule has 0 unspecified atom stereocenters. The highest BCUT2D eigenvalue weighted by atomic mass is 16.5. The van der Waals surface area contributed by atoms with Gasteiger partial charge in [-0.3, -0.25) is 9.80 Å². The molecule has 0 atom stereocenters. The Morgan fingerprint density at radius 2 is 1.27 bits per heavy atom. The third-order valence-corrected chi connectivity index (χ3v) is 2.31. The second kappa shape index (κ2) is 6.43. The van der Waals surface area contributed by atoms with Crippen LogP contribution in [0.4, 0.5) is 0 Å². The van der Waals surface area contributed by atoms with E-state index in [0.29, 0.717) is 12.2 Å². The largest absolute Gasteiger partial charge is 0.363 e. The zero-order valence-corrected chi connectivity index (χ0v) is 10.4. The van der Waals surface area contributed by atoms with E-state index < -0.39 is 0 Å². The van der Waals surface area contributed by atoms with E-state index in [1.807, 2.05) is 0 Å². The van der Waals surface area contributed by atoms with Gasteiger partial charge in [0.05, 0.1) is 18.9 Å².